The lowest BCUT2D eigenvalue weighted by Crippen LogP contribution is -2.17. The van der Waals surface area contributed by atoms with E-state index in [0.717, 1.165) is 5.56 Å². The number of ether oxygens (including phenoxy) is 1. The van der Waals surface area contributed by atoms with Crippen LogP contribution in [0.2, 0.25) is 0 Å². The van der Waals surface area contributed by atoms with Crippen LogP contribution >= 0.6 is 11.3 Å². The zero-order valence-electron chi connectivity index (χ0n) is 14.6. The minimum absolute atomic E-state index is 0.176. The van der Waals surface area contributed by atoms with Gasteiger partial charge in [0.2, 0.25) is 5.88 Å². The van der Waals surface area contributed by atoms with Crippen molar-refractivity contribution in [2.75, 3.05) is 5.32 Å². The molecule has 0 saturated heterocycles. The maximum Gasteiger partial charge on any atom is 0.312 e. The van der Waals surface area contributed by atoms with Crippen molar-refractivity contribution in [3.8, 4) is 5.88 Å². The van der Waals surface area contributed by atoms with Gasteiger partial charge in [-0.2, -0.15) is 4.98 Å². The predicted octanol–water partition coefficient (Wildman–Crippen LogP) is 4.09. The van der Waals surface area contributed by atoms with Gasteiger partial charge in [-0.15, -0.1) is 11.3 Å². The van der Waals surface area contributed by atoms with Crippen molar-refractivity contribution in [3.63, 3.8) is 0 Å². The SMILES string of the molecule is CCCC(=O)Oc1csc(NC(=O)c2cccn2Cc2ccc(F)cc2)n1. The summed E-state index contributed by atoms with van der Waals surface area (Å²) < 4.78 is 19.9. The van der Waals surface area contributed by atoms with Crippen LogP contribution in [0.15, 0.2) is 48.0 Å². The van der Waals surface area contributed by atoms with E-state index in [1.54, 1.807) is 40.4 Å². The summed E-state index contributed by atoms with van der Waals surface area (Å²) in [5.41, 5.74) is 1.32. The average Bonchev–Trinajstić information content (AvgIpc) is 3.26. The highest BCUT2D eigenvalue weighted by atomic mass is 32.1. The monoisotopic (exact) mass is 387 g/mol. The zero-order valence-corrected chi connectivity index (χ0v) is 15.5. The van der Waals surface area contributed by atoms with E-state index in [1.165, 1.54) is 23.5 Å². The number of carbonyl (C=O) groups is 2. The van der Waals surface area contributed by atoms with Crippen LogP contribution in [0.5, 0.6) is 5.88 Å². The maximum atomic E-state index is 13.0. The molecule has 3 rings (SSSR count). The molecule has 27 heavy (non-hydrogen) atoms. The van der Waals surface area contributed by atoms with Crippen LogP contribution in [0.3, 0.4) is 0 Å². The van der Waals surface area contributed by atoms with Gasteiger partial charge < -0.3 is 9.30 Å². The minimum atomic E-state index is -0.353. The van der Waals surface area contributed by atoms with Crippen molar-refractivity contribution in [1.82, 2.24) is 9.55 Å². The van der Waals surface area contributed by atoms with E-state index in [0.29, 0.717) is 30.2 Å². The molecule has 0 aliphatic heterocycles. The second-order valence-corrected chi connectivity index (χ2v) is 6.67. The molecule has 2 aromatic heterocycles. The second kappa shape index (κ2) is 8.59. The summed E-state index contributed by atoms with van der Waals surface area (Å²) in [5.74, 6) is -0.810. The number of anilines is 1. The van der Waals surface area contributed by atoms with E-state index in [4.69, 9.17) is 4.74 Å². The quantitative estimate of drug-likeness (QED) is 0.620. The molecule has 1 amide bonds. The Kier molecular flexibility index (Phi) is 5.97. The van der Waals surface area contributed by atoms with Gasteiger partial charge in [-0.1, -0.05) is 19.1 Å². The molecule has 0 atom stereocenters. The summed E-state index contributed by atoms with van der Waals surface area (Å²) in [5, 5.41) is 4.61. The number of thiazole rings is 1. The Morgan fingerprint density at radius 2 is 2.04 bits per heavy atom. The van der Waals surface area contributed by atoms with Crippen LogP contribution in [0.1, 0.15) is 35.8 Å². The number of benzene rings is 1. The zero-order chi connectivity index (χ0) is 19.2. The summed E-state index contributed by atoms with van der Waals surface area (Å²) in [7, 11) is 0. The minimum Gasteiger partial charge on any atom is -0.406 e. The van der Waals surface area contributed by atoms with Crippen molar-refractivity contribution < 1.29 is 18.7 Å². The summed E-state index contributed by atoms with van der Waals surface area (Å²) >= 11 is 1.18. The molecule has 0 unspecified atom stereocenters. The van der Waals surface area contributed by atoms with Gasteiger partial charge in [0.1, 0.15) is 11.5 Å². The number of carbonyl (C=O) groups excluding carboxylic acids is 2. The van der Waals surface area contributed by atoms with Gasteiger partial charge in [-0.05, 0) is 36.2 Å². The third-order valence-corrected chi connectivity index (χ3v) is 4.44. The molecule has 1 N–H and O–H groups in total. The van der Waals surface area contributed by atoms with Crippen LogP contribution in [0.25, 0.3) is 0 Å². The van der Waals surface area contributed by atoms with Crippen molar-refractivity contribution in [3.05, 3.63) is 65.0 Å². The Morgan fingerprint density at radius 1 is 1.26 bits per heavy atom. The molecule has 0 radical (unpaired) electrons. The number of halogens is 1. The van der Waals surface area contributed by atoms with E-state index in [2.05, 4.69) is 10.3 Å². The van der Waals surface area contributed by atoms with E-state index < -0.39 is 0 Å². The Hall–Kier alpha value is -3.00. The van der Waals surface area contributed by atoms with Crippen LogP contribution in [0.4, 0.5) is 9.52 Å². The van der Waals surface area contributed by atoms with Crippen molar-refractivity contribution in [1.29, 1.82) is 0 Å². The fraction of sp³-hybridized carbons (Fsp3) is 0.211. The number of hydrogen-bond donors (Lipinski definition) is 1. The predicted molar refractivity (Wildman–Crippen MR) is 101 cm³/mol. The average molecular weight is 387 g/mol. The summed E-state index contributed by atoms with van der Waals surface area (Å²) in [6.45, 7) is 2.32. The molecule has 140 valence electrons. The summed E-state index contributed by atoms with van der Waals surface area (Å²) in [6, 6.07) is 9.57. The molecule has 0 aliphatic carbocycles. The van der Waals surface area contributed by atoms with Gasteiger partial charge in [-0.25, -0.2) is 4.39 Å². The molecule has 0 saturated carbocycles. The number of hydrogen-bond acceptors (Lipinski definition) is 5. The van der Waals surface area contributed by atoms with Gasteiger partial charge in [0.25, 0.3) is 5.91 Å². The summed E-state index contributed by atoms with van der Waals surface area (Å²) in [4.78, 5) is 28.1. The summed E-state index contributed by atoms with van der Waals surface area (Å²) in [6.07, 6.45) is 2.78. The van der Waals surface area contributed by atoms with E-state index >= 15 is 0 Å². The van der Waals surface area contributed by atoms with Gasteiger partial charge in [0.05, 0.1) is 5.38 Å². The fourth-order valence-electron chi connectivity index (χ4n) is 2.44. The molecule has 0 aliphatic rings. The Balaban J connectivity index is 1.65. The second-order valence-electron chi connectivity index (χ2n) is 5.82. The number of nitrogens with one attached hydrogen (secondary N) is 1. The number of amides is 1. The lowest BCUT2D eigenvalue weighted by atomic mass is 10.2. The fourth-order valence-corrected chi connectivity index (χ4v) is 3.05. The Bertz CT molecular complexity index is 934. The molecule has 0 fully saturated rings. The van der Waals surface area contributed by atoms with Crippen molar-refractivity contribution >= 4 is 28.3 Å². The molecule has 1 aromatic carbocycles. The van der Waals surface area contributed by atoms with E-state index in [-0.39, 0.29) is 23.6 Å². The van der Waals surface area contributed by atoms with Gasteiger partial charge in [0, 0.05) is 19.2 Å². The third kappa shape index (κ3) is 5.01. The maximum absolute atomic E-state index is 13.0. The van der Waals surface area contributed by atoms with Gasteiger partial charge in [-0.3, -0.25) is 14.9 Å². The molecule has 0 bridgehead atoms. The first-order valence-electron chi connectivity index (χ1n) is 8.42. The van der Waals surface area contributed by atoms with Crippen molar-refractivity contribution in [2.24, 2.45) is 0 Å². The first kappa shape index (κ1) is 18.8. The van der Waals surface area contributed by atoms with Crippen LogP contribution in [-0.2, 0) is 11.3 Å². The molecular formula is C19H18FN3O3S. The standard InChI is InChI=1S/C19H18FN3O3S/c1-2-4-17(24)26-16-12-27-19(21-16)22-18(25)15-5-3-10-23(15)11-13-6-8-14(20)9-7-13/h3,5-10,12H,2,4,11H2,1H3,(H,21,22,25). The Labute approximate surface area is 159 Å². The van der Waals surface area contributed by atoms with E-state index in [1.807, 2.05) is 6.92 Å². The highest BCUT2D eigenvalue weighted by molar-refractivity contribution is 7.14. The van der Waals surface area contributed by atoms with Crippen LogP contribution < -0.4 is 10.1 Å². The third-order valence-electron chi connectivity index (χ3n) is 3.70. The molecule has 3 aromatic rings. The first-order chi connectivity index (χ1) is 13.0. The molecule has 2 heterocycles. The molecule has 0 spiro atoms. The van der Waals surface area contributed by atoms with Crippen LogP contribution in [0, 0.1) is 5.82 Å². The van der Waals surface area contributed by atoms with E-state index in [9.17, 15) is 14.0 Å². The number of aromatic nitrogens is 2. The lowest BCUT2D eigenvalue weighted by Gasteiger charge is -2.09. The highest BCUT2D eigenvalue weighted by Crippen LogP contribution is 2.22. The molecular weight excluding hydrogens is 369 g/mol. The normalized spacial score (nSPS) is 10.6. The number of rotatable bonds is 7. The van der Waals surface area contributed by atoms with Crippen molar-refractivity contribution in [2.45, 2.75) is 26.3 Å². The largest absolute Gasteiger partial charge is 0.406 e. The van der Waals surface area contributed by atoms with Gasteiger partial charge >= 0.3 is 5.97 Å². The smallest absolute Gasteiger partial charge is 0.312 e. The molecule has 6 nitrogen and oxygen atoms in total. The topological polar surface area (TPSA) is 73.2 Å². The highest BCUT2D eigenvalue weighted by Gasteiger charge is 2.14. The van der Waals surface area contributed by atoms with Crippen LogP contribution in [-0.4, -0.2) is 21.4 Å². The lowest BCUT2D eigenvalue weighted by molar-refractivity contribution is -0.134. The van der Waals surface area contributed by atoms with Gasteiger partial charge in [0.15, 0.2) is 5.13 Å². The number of nitrogens with zero attached hydrogens (tertiary/aromatic N) is 2. The molecule has 8 heteroatoms. The number of esters is 1. The first-order valence-corrected chi connectivity index (χ1v) is 9.30. The Morgan fingerprint density at radius 3 is 2.78 bits per heavy atom.